The molecule has 0 unspecified atom stereocenters. The Kier molecular flexibility index (Phi) is 6.34. The zero-order valence-electron chi connectivity index (χ0n) is 19.0. The van der Waals surface area contributed by atoms with E-state index < -0.39 is 0 Å². The maximum absolute atomic E-state index is 13.3. The second-order valence-electron chi connectivity index (χ2n) is 8.82. The average molecular weight is 471 g/mol. The lowest BCUT2D eigenvalue weighted by molar-refractivity contribution is -0.136. The number of ether oxygens (including phenoxy) is 1. The first-order valence-corrected chi connectivity index (χ1v) is 12.5. The Balaban J connectivity index is 1.18. The van der Waals surface area contributed by atoms with Crippen molar-refractivity contribution in [3.05, 3.63) is 24.3 Å². The summed E-state index contributed by atoms with van der Waals surface area (Å²) in [5.41, 5.74) is 1.13. The van der Waals surface area contributed by atoms with Gasteiger partial charge >= 0.3 is 0 Å². The number of methoxy groups -OCH3 is 1. The Labute approximate surface area is 197 Å². The van der Waals surface area contributed by atoms with Crippen LogP contribution in [-0.2, 0) is 9.59 Å². The predicted molar refractivity (Wildman–Crippen MR) is 128 cm³/mol. The number of amides is 2. The van der Waals surface area contributed by atoms with Crippen molar-refractivity contribution in [2.75, 3.05) is 67.6 Å². The molecule has 3 aliphatic heterocycles. The summed E-state index contributed by atoms with van der Waals surface area (Å²) in [6.07, 6.45) is 3.32. The summed E-state index contributed by atoms with van der Waals surface area (Å²) in [6.45, 7) is 5.35. The van der Waals surface area contributed by atoms with E-state index in [0.717, 1.165) is 75.1 Å². The number of aromatic nitrogens is 2. The van der Waals surface area contributed by atoms with E-state index in [-0.39, 0.29) is 17.7 Å². The largest absolute Gasteiger partial charge is 0.497 e. The molecule has 3 saturated heterocycles. The molecule has 5 rings (SSSR count). The molecule has 33 heavy (non-hydrogen) atoms. The van der Waals surface area contributed by atoms with Gasteiger partial charge in [-0.25, -0.2) is 0 Å². The van der Waals surface area contributed by atoms with E-state index in [1.165, 1.54) is 11.3 Å². The number of nitrogens with zero attached hydrogens (tertiary/aromatic N) is 6. The van der Waals surface area contributed by atoms with Crippen LogP contribution in [0.2, 0.25) is 0 Å². The molecule has 0 spiro atoms. The van der Waals surface area contributed by atoms with Gasteiger partial charge < -0.3 is 19.4 Å². The summed E-state index contributed by atoms with van der Waals surface area (Å²) < 4.78 is 5.34. The third-order valence-corrected chi connectivity index (χ3v) is 7.77. The molecule has 3 fully saturated rings. The maximum Gasteiger partial charge on any atom is 0.228 e. The minimum Gasteiger partial charge on any atom is -0.497 e. The van der Waals surface area contributed by atoms with Crippen LogP contribution >= 0.6 is 11.3 Å². The standard InChI is InChI=1S/C23H30N6O3S/c1-32-19-7-2-6-18(15-19)26-11-13-27(14-12-26)21(31)17-5-3-9-28(16-17)22-24-25-23(33-22)29-10-4-8-20(29)30/h2,6-7,15,17H,3-5,8-14,16H2,1H3/t17-/m0/s1. The number of piperazine rings is 1. The summed E-state index contributed by atoms with van der Waals surface area (Å²) in [5.74, 6) is 1.19. The fourth-order valence-corrected chi connectivity index (χ4v) is 5.82. The third kappa shape index (κ3) is 4.62. The summed E-state index contributed by atoms with van der Waals surface area (Å²) in [5, 5.41) is 10.1. The topological polar surface area (TPSA) is 82.1 Å². The Morgan fingerprint density at radius 3 is 2.61 bits per heavy atom. The van der Waals surface area contributed by atoms with Crippen molar-refractivity contribution < 1.29 is 14.3 Å². The molecule has 1 aromatic carbocycles. The van der Waals surface area contributed by atoms with Crippen molar-refractivity contribution in [2.45, 2.75) is 25.7 Å². The van der Waals surface area contributed by atoms with Gasteiger partial charge in [0.05, 0.1) is 13.0 Å². The first-order valence-electron chi connectivity index (χ1n) is 11.7. The van der Waals surface area contributed by atoms with Gasteiger partial charge in [-0.15, -0.1) is 10.2 Å². The maximum atomic E-state index is 13.3. The van der Waals surface area contributed by atoms with Gasteiger partial charge in [0.15, 0.2) is 0 Å². The molecule has 0 bridgehead atoms. The van der Waals surface area contributed by atoms with Crippen LogP contribution in [0.25, 0.3) is 0 Å². The molecule has 9 nitrogen and oxygen atoms in total. The van der Waals surface area contributed by atoms with Gasteiger partial charge in [-0.1, -0.05) is 17.4 Å². The monoisotopic (exact) mass is 470 g/mol. The zero-order valence-corrected chi connectivity index (χ0v) is 19.8. The number of carbonyl (C=O) groups excluding carboxylic acids is 2. The van der Waals surface area contributed by atoms with E-state index in [0.29, 0.717) is 18.1 Å². The summed E-state index contributed by atoms with van der Waals surface area (Å²) >= 11 is 1.46. The molecule has 4 heterocycles. The Bertz CT molecular complexity index is 1010. The van der Waals surface area contributed by atoms with Crippen molar-refractivity contribution in [1.82, 2.24) is 15.1 Å². The van der Waals surface area contributed by atoms with Crippen LogP contribution < -0.4 is 19.4 Å². The quantitative estimate of drug-likeness (QED) is 0.663. The van der Waals surface area contributed by atoms with Crippen molar-refractivity contribution >= 4 is 39.1 Å². The lowest BCUT2D eigenvalue weighted by Gasteiger charge is -2.39. The Morgan fingerprint density at radius 1 is 1.03 bits per heavy atom. The van der Waals surface area contributed by atoms with Crippen LogP contribution in [0.5, 0.6) is 5.75 Å². The van der Waals surface area contributed by atoms with E-state index in [1.54, 1.807) is 12.0 Å². The van der Waals surface area contributed by atoms with Crippen molar-refractivity contribution in [2.24, 2.45) is 5.92 Å². The smallest absolute Gasteiger partial charge is 0.228 e. The first-order chi connectivity index (χ1) is 16.1. The Morgan fingerprint density at radius 2 is 1.85 bits per heavy atom. The highest BCUT2D eigenvalue weighted by Gasteiger charge is 2.33. The van der Waals surface area contributed by atoms with E-state index in [2.05, 4.69) is 26.1 Å². The van der Waals surface area contributed by atoms with Crippen LogP contribution in [0.1, 0.15) is 25.7 Å². The number of benzene rings is 1. The number of anilines is 3. The van der Waals surface area contributed by atoms with Gasteiger partial charge in [0.2, 0.25) is 22.1 Å². The summed E-state index contributed by atoms with van der Waals surface area (Å²) in [4.78, 5) is 33.5. The molecule has 2 amide bonds. The summed E-state index contributed by atoms with van der Waals surface area (Å²) in [6, 6.07) is 8.08. The minimum absolute atomic E-state index is 0.0251. The molecule has 0 saturated carbocycles. The van der Waals surface area contributed by atoms with Gasteiger partial charge in [0, 0.05) is 64.0 Å². The minimum atomic E-state index is -0.0251. The van der Waals surface area contributed by atoms with E-state index in [9.17, 15) is 9.59 Å². The number of hydrogen-bond donors (Lipinski definition) is 0. The van der Waals surface area contributed by atoms with Gasteiger partial charge in [0.25, 0.3) is 0 Å². The highest BCUT2D eigenvalue weighted by Crippen LogP contribution is 2.33. The lowest BCUT2D eigenvalue weighted by atomic mass is 9.96. The van der Waals surface area contributed by atoms with Crippen LogP contribution in [0, 0.1) is 5.92 Å². The highest BCUT2D eigenvalue weighted by molar-refractivity contribution is 7.19. The van der Waals surface area contributed by atoms with Crippen LogP contribution in [0.3, 0.4) is 0 Å². The van der Waals surface area contributed by atoms with E-state index >= 15 is 0 Å². The third-order valence-electron chi connectivity index (χ3n) is 6.76. The second-order valence-corrected chi connectivity index (χ2v) is 9.75. The number of carbonyl (C=O) groups is 2. The van der Waals surface area contributed by atoms with Crippen molar-refractivity contribution in [1.29, 1.82) is 0 Å². The number of hydrogen-bond acceptors (Lipinski definition) is 8. The van der Waals surface area contributed by atoms with E-state index in [4.69, 9.17) is 4.74 Å². The van der Waals surface area contributed by atoms with E-state index in [1.807, 2.05) is 23.1 Å². The number of piperidine rings is 1. The van der Waals surface area contributed by atoms with Gasteiger partial charge in [0.1, 0.15) is 5.75 Å². The fourth-order valence-electron chi connectivity index (χ4n) is 4.90. The molecule has 1 aromatic heterocycles. The highest BCUT2D eigenvalue weighted by atomic mass is 32.1. The van der Waals surface area contributed by atoms with Crippen LogP contribution in [-0.4, -0.2) is 79.8 Å². The molecule has 0 N–H and O–H groups in total. The van der Waals surface area contributed by atoms with Crippen LogP contribution in [0.4, 0.5) is 16.0 Å². The lowest BCUT2D eigenvalue weighted by Crippen LogP contribution is -2.52. The fraction of sp³-hybridized carbons (Fsp3) is 0.565. The molecule has 3 aliphatic rings. The Hall–Kier alpha value is -2.88. The first kappa shape index (κ1) is 21.9. The zero-order chi connectivity index (χ0) is 22.8. The number of rotatable bonds is 5. The van der Waals surface area contributed by atoms with Gasteiger partial charge in [-0.2, -0.15) is 0 Å². The molecule has 0 aliphatic carbocycles. The predicted octanol–water partition coefficient (Wildman–Crippen LogP) is 2.24. The molecule has 10 heteroatoms. The molecular formula is C23H30N6O3S. The summed E-state index contributed by atoms with van der Waals surface area (Å²) in [7, 11) is 1.68. The van der Waals surface area contributed by atoms with Gasteiger partial charge in [-0.05, 0) is 31.4 Å². The molecule has 176 valence electrons. The molecule has 0 radical (unpaired) electrons. The molecule has 1 atom stereocenters. The SMILES string of the molecule is COc1cccc(N2CCN(C(=O)[C@H]3CCCN(c4nnc(N5CCCC5=O)s4)C3)CC2)c1. The van der Waals surface area contributed by atoms with Crippen molar-refractivity contribution in [3.63, 3.8) is 0 Å². The van der Waals surface area contributed by atoms with Gasteiger partial charge in [-0.3, -0.25) is 14.5 Å². The molecular weight excluding hydrogens is 440 g/mol. The van der Waals surface area contributed by atoms with Crippen molar-refractivity contribution in [3.8, 4) is 5.75 Å². The normalized spacial score (nSPS) is 21.6. The van der Waals surface area contributed by atoms with Crippen LogP contribution in [0.15, 0.2) is 24.3 Å². The molecule has 2 aromatic rings. The average Bonchev–Trinajstić information content (AvgIpc) is 3.53. The second kappa shape index (κ2) is 9.54.